The van der Waals surface area contributed by atoms with Gasteiger partial charge in [0.2, 0.25) is 5.16 Å². The lowest BCUT2D eigenvalue weighted by Crippen LogP contribution is -2.14. The molecule has 0 spiro atoms. The van der Waals surface area contributed by atoms with E-state index in [4.69, 9.17) is 0 Å². The predicted octanol–water partition coefficient (Wildman–Crippen LogP) is 3.21. The number of H-pyrrole nitrogens is 1. The molecular weight excluding hydrogens is 350 g/mol. The largest absolute Gasteiger partial charge is 0.508 e. The molecule has 0 fully saturated rings. The van der Waals surface area contributed by atoms with Crippen LogP contribution in [0.4, 0.5) is 0 Å². The molecule has 1 atom stereocenters. The highest BCUT2D eigenvalue weighted by atomic mass is 32.2. The van der Waals surface area contributed by atoms with Crippen molar-refractivity contribution < 1.29 is 9.90 Å². The zero-order valence-corrected chi connectivity index (χ0v) is 14.6. The smallest absolute Gasteiger partial charge is 0.214 e. The summed E-state index contributed by atoms with van der Waals surface area (Å²) in [4.78, 5) is 16.0. The van der Waals surface area contributed by atoms with Crippen LogP contribution in [0.2, 0.25) is 0 Å². The number of thioether (sulfide) groups is 1. The van der Waals surface area contributed by atoms with Gasteiger partial charge >= 0.3 is 0 Å². The van der Waals surface area contributed by atoms with Gasteiger partial charge in [-0.15, -0.1) is 5.10 Å². The van der Waals surface area contributed by atoms with E-state index in [1.54, 1.807) is 35.1 Å². The molecule has 2 heterocycles. The van der Waals surface area contributed by atoms with Crippen molar-refractivity contribution in [3.63, 3.8) is 0 Å². The molecule has 2 N–H and O–H groups in total. The molecule has 2 aromatic carbocycles. The number of carbonyl (C=O) groups is 1. The summed E-state index contributed by atoms with van der Waals surface area (Å²) >= 11 is 1.29. The number of benzene rings is 2. The highest BCUT2D eigenvalue weighted by molar-refractivity contribution is 8.00. The van der Waals surface area contributed by atoms with E-state index in [0.717, 1.165) is 10.9 Å². The molecule has 0 saturated carbocycles. The monoisotopic (exact) mass is 365 g/mol. The molecular formula is C18H15N5O2S. The first-order valence-corrected chi connectivity index (χ1v) is 8.86. The van der Waals surface area contributed by atoms with Gasteiger partial charge < -0.3 is 10.1 Å². The zero-order valence-electron chi connectivity index (χ0n) is 13.8. The standard InChI is InChI=1S/C18H15N5O2S/c1-11(17(25)15-10-19-16-5-3-2-4-14(15)16)26-18-20-21-22-23(18)12-6-8-13(24)9-7-12/h2-11,19,24H,1H3/t11-/m1/s1. The molecule has 130 valence electrons. The van der Waals surface area contributed by atoms with Crippen LogP contribution in [0.5, 0.6) is 5.75 Å². The molecule has 0 bridgehead atoms. The first-order valence-electron chi connectivity index (χ1n) is 7.98. The number of nitrogens with zero attached hydrogens (tertiary/aromatic N) is 4. The van der Waals surface area contributed by atoms with E-state index in [2.05, 4.69) is 20.5 Å². The van der Waals surface area contributed by atoms with Crippen LogP contribution in [0.25, 0.3) is 16.6 Å². The number of tetrazole rings is 1. The van der Waals surface area contributed by atoms with Crippen LogP contribution in [0.15, 0.2) is 59.9 Å². The molecule has 0 aliphatic rings. The minimum atomic E-state index is -0.365. The number of aromatic amines is 1. The van der Waals surface area contributed by atoms with Gasteiger partial charge in [-0.2, -0.15) is 4.68 Å². The van der Waals surface area contributed by atoms with Crippen molar-refractivity contribution in [1.29, 1.82) is 0 Å². The molecule has 4 rings (SSSR count). The van der Waals surface area contributed by atoms with Crippen LogP contribution in [-0.4, -0.2) is 41.3 Å². The highest BCUT2D eigenvalue weighted by Crippen LogP contribution is 2.28. The van der Waals surface area contributed by atoms with Crippen molar-refractivity contribution in [2.45, 2.75) is 17.3 Å². The first kappa shape index (κ1) is 16.3. The number of nitrogens with one attached hydrogen (secondary N) is 1. The Morgan fingerprint density at radius 2 is 1.96 bits per heavy atom. The Labute approximate surface area is 153 Å². The number of ketones is 1. The van der Waals surface area contributed by atoms with Crippen molar-refractivity contribution in [3.8, 4) is 11.4 Å². The second kappa shape index (κ2) is 6.64. The van der Waals surface area contributed by atoms with Crippen LogP contribution in [0.1, 0.15) is 17.3 Å². The van der Waals surface area contributed by atoms with E-state index in [9.17, 15) is 9.90 Å². The Kier molecular flexibility index (Phi) is 4.18. The van der Waals surface area contributed by atoms with Gasteiger partial charge in [0, 0.05) is 22.7 Å². The van der Waals surface area contributed by atoms with E-state index in [-0.39, 0.29) is 16.8 Å². The van der Waals surface area contributed by atoms with E-state index in [1.807, 2.05) is 31.2 Å². The number of phenols is 1. The molecule has 0 amide bonds. The molecule has 26 heavy (non-hydrogen) atoms. The van der Waals surface area contributed by atoms with Crippen LogP contribution < -0.4 is 0 Å². The van der Waals surface area contributed by atoms with Gasteiger partial charge in [-0.25, -0.2) is 0 Å². The second-order valence-corrected chi connectivity index (χ2v) is 7.07. The van der Waals surface area contributed by atoms with Gasteiger partial charge in [0.15, 0.2) is 5.78 Å². The summed E-state index contributed by atoms with van der Waals surface area (Å²) in [5.74, 6) is 0.173. The average molecular weight is 365 g/mol. The Morgan fingerprint density at radius 1 is 1.19 bits per heavy atom. The molecule has 2 aromatic heterocycles. The lowest BCUT2D eigenvalue weighted by Gasteiger charge is -2.09. The van der Waals surface area contributed by atoms with Gasteiger partial charge in [0.1, 0.15) is 5.75 Å². The normalized spacial score (nSPS) is 12.3. The molecule has 7 nitrogen and oxygen atoms in total. The summed E-state index contributed by atoms with van der Waals surface area (Å²) in [6.07, 6.45) is 1.74. The van der Waals surface area contributed by atoms with Gasteiger partial charge in [-0.3, -0.25) is 4.79 Å². The maximum Gasteiger partial charge on any atom is 0.214 e. The number of fused-ring (bicyclic) bond motifs is 1. The summed E-state index contributed by atoms with van der Waals surface area (Å²) in [5.41, 5.74) is 2.30. The van der Waals surface area contributed by atoms with Crippen molar-refractivity contribution >= 4 is 28.4 Å². The fraction of sp³-hybridized carbons (Fsp3) is 0.111. The Balaban J connectivity index is 1.59. The van der Waals surface area contributed by atoms with Gasteiger partial charge in [-0.05, 0) is 47.7 Å². The van der Waals surface area contributed by atoms with Gasteiger partial charge in [0.25, 0.3) is 0 Å². The number of hydrogen-bond acceptors (Lipinski definition) is 6. The van der Waals surface area contributed by atoms with Crippen molar-refractivity contribution in [3.05, 3.63) is 60.3 Å². The van der Waals surface area contributed by atoms with Crippen LogP contribution in [0.3, 0.4) is 0 Å². The molecule has 4 aromatic rings. The molecule has 0 aliphatic heterocycles. The number of aromatic hydroxyl groups is 1. The van der Waals surface area contributed by atoms with Crippen LogP contribution in [-0.2, 0) is 0 Å². The minimum Gasteiger partial charge on any atom is -0.508 e. The second-order valence-electron chi connectivity index (χ2n) is 5.76. The number of para-hydroxylation sites is 1. The fourth-order valence-electron chi connectivity index (χ4n) is 2.71. The highest BCUT2D eigenvalue weighted by Gasteiger charge is 2.22. The number of Topliss-reactive ketones (excluding diaryl/α,β-unsaturated/α-hetero) is 1. The number of carbonyl (C=O) groups excluding carboxylic acids is 1. The van der Waals surface area contributed by atoms with E-state index >= 15 is 0 Å². The third kappa shape index (κ3) is 2.95. The molecule has 0 aliphatic carbocycles. The molecule has 0 unspecified atom stereocenters. The summed E-state index contributed by atoms with van der Waals surface area (Å²) < 4.78 is 1.54. The van der Waals surface area contributed by atoms with E-state index in [0.29, 0.717) is 16.4 Å². The first-order chi connectivity index (χ1) is 12.6. The third-order valence-corrected chi connectivity index (χ3v) is 5.07. The summed E-state index contributed by atoms with van der Waals surface area (Å²) in [6, 6.07) is 14.3. The topological polar surface area (TPSA) is 96.7 Å². The number of hydrogen-bond donors (Lipinski definition) is 2. The quantitative estimate of drug-likeness (QED) is 0.416. The average Bonchev–Trinajstić information content (AvgIpc) is 3.28. The van der Waals surface area contributed by atoms with Crippen molar-refractivity contribution in [2.24, 2.45) is 0 Å². The van der Waals surface area contributed by atoms with Crippen LogP contribution >= 0.6 is 11.8 Å². The third-order valence-electron chi connectivity index (χ3n) is 4.04. The van der Waals surface area contributed by atoms with Crippen LogP contribution in [0, 0.1) is 0 Å². The van der Waals surface area contributed by atoms with Crippen molar-refractivity contribution in [1.82, 2.24) is 25.2 Å². The van der Waals surface area contributed by atoms with Gasteiger partial charge in [-0.1, -0.05) is 30.0 Å². The maximum absolute atomic E-state index is 12.9. The molecule has 0 radical (unpaired) electrons. The Bertz CT molecular complexity index is 1070. The predicted molar refractivity (Wildman–Crippen MR) is 98.8 cm³/mol. The zero-order chi connectivity index (χ0) is 18.1. The molecule has 8 heteroatoms. The lowest BCUT2D eigenvalue weighted by atomic mass is 10.1. The summed E-state index contributed by atoms with van der Waals surface area (Å²) in [5, 5.41) is 22.2. The minimum absolute atomic E-state index is 0.00714. The fourth-order valence-corrected chi connectivity index (χ4v) is 3.59. The SMILES string of the molecule is C[C@@H](Sc1nnnn1-c1ccc(O)cc1)C(=O)c1c[nH]c2ccccc12. The van der Waals surface area contributed by atoms with E-state index < -0.39 is 0 Å². The summed E-state index contributed by atoms with van der Waals surface area (Å²) in [7, 11) is 0. The van der Waals surface area contributed by atoms with Crippen molar-refractivity contribution in [2.75, 3.05) is 0 Å². The Morgan fingerprint density at radius 3 is 2.77 bits per heavy atom. The molecule has 0 saturated heterocycles. The number of phenolic OH excluding ortho intramolecular Hbond substituents is 1. The number of rotatable bonds is 5. The lowest BCUT2D eigenvalue weighted by molar-refractivity contribution is 0.0995. The number of aromatic nitrogens is 5. The Hall–Kier alpha value is -3.13. The summed E-state index contributed by atoms with van der Waals surface area (Å²) in [6.45, 7) is 1.84. The maximum atomic E-state index is 12.9. The van der Waals surface area contributed by atoms with Gasteiger partial charge in [0.05, 0.1) is 10.9 Å². The van der Waals surface area contributed by atoms with E-state index in [1.165, 1.54) is 11.8 Å².